The summed E-state index contributed by atoms with van der Waals surface area (Å²) < 4.78 is 25.7. The summed E-state index contributed by atoms with van der Waals surface area (Å²) in [5, 5.41) is 1.33. The summed E-state index contributed by atoms with van der Waals surface area (Å²) in [4.78, 5) is 35.1. The summed E-state index contributed by atoms with van der Waals surface area (Å²) in [6.07, 6.45) is 5.47. The molecule has 2 atom stereocenters. The zero-order chi connectivity index (χ0) is 23.0. The van der Waals surface area contributed by atoms with E-state index in [0.717, 1.165) is 42.3 Å². The number of hydrogen-bond acceptors (Lipinski definition) is 7. The van der Waals surface area contributed by atoms with E-state index in [4.69, 9.17) is 4.98 Å². The molecule has 1 amide bonds. The van der Waals surface area contributed by atoms with Gasteiger partial charge in [-0.2, -0.15) is 0 Å². The molecule has 2 aromatic heterocycles. The predicted molar refractivity (Wildman–Crippen MR) is 131 cm³/mol. The lowest BCUT2D eigenvalue weighted by atomic mass is 9.97. The Hall–Kier alpha value is -1.39. The van der Waals surface area contributed by atoms with Gasteiger partial charge in [-0.3, -0.25) is 14.2 Å². The quantitative estimate of drug-likeness (QED) is 0.431. The number of thiophene rings is 1. The molecule has 2 aliphatic rings. The molecule has 3 heterocycles. The number of hydrogen-bond donors (Lipinski definition) is 0. The number of fused-ring (bicyclic) bond motifs is 3. The highest BCUT2D eigenvalue weighted by Crippen LogP contribution is 2.35. The Kier molecular flexibility index (Phi) is 7.03. The molecule has 0 N–H and O–H groups in total. The number of sulfone groups is 1. The van der Waals surface area contributed by atoms with E-state index in [2.05, 4.69) is 0 Å². The van der Waals surface area contributed by atoms with Gasteiger partial charge < -0.3 is 4.90 Å². The third-order valence-electron chi connectivity index (χ3n) is 6.64. The Morgan fingerprint density at radius 1 is 1.31 bits per heavy atom. The lowest BCUT2D eigenvalue weighted by molar-refractivity contribution is -0.132. The van der Waals surface area contributed by atoms with E-state index in [1.54, 1.807) is 20.8 Å². The van der Waals surface area contributed by atoms with Gasteiger partial charge in [0, 0.05) is 23.5 Å². The summed E-state index contributed by atoms with van der Waals surface area (Å²) >= 11 is 2.90. The first-order valence-electron chi connectivity index (χ1n) is 11.4. The third-order valence-corrected chi connectivity index (χ3v) is 10.5. The van der Waals surface area contributed by atoms with Crippen LogP contribution in [0.5, 0.6) is 0 Å². The monoisotopic (exact) mass is 497 g/mol. The van der Waals surface area contributed by atoms with Gasteiger partial charge in [0.25, 0.3) is 5.56 Å². The van der Waals surface area contributed by atoms with Crippen LogP contribution in [0.1, 0.15) is 56.9 Å². The number of amides is 1. The van der Waals surface area contributed by atoms with Crippen LogP contribution in [0.4, 0.5) is 0 Å². The molecule has 4 rings (SSSR count). The molecule has 1 fully saturated rings. The summed E-state index contributed by atoms with van der Waals surface area (Å²) in [5.74, 6) is 0.234. The number of carbonyl (C=O) groups is 1. The second kappa shape index (κ2) is 9.46. The first-order chi connectivity index (χ1) is 15.3. The molecule has 0 spiro atoms. The molecular weight excluding hydrogens is 466 g/mol. The van der Waals surface area contributed by atoms with E-state index < -0.39 is 9.84 Å². The summed E-state index contributed by atoms with van der Waals surface area (Å²) in [6, 6.07) is -0.301. The van der Waals surface area contributed by atoms with Crippen LogP contribution in [0.2, 0.25) is 0 Å². The number of aryl methyl sites for hydroxylation is 2. The highest BCUT2D eigenvalue weighted by atomic mass is 32.2. The van der Waals surface area contributed by atoms with E-state index in [9.17, 15) is 18.0 Å². The number of nitrogens with zero attached hydrogens (tertiary/aromatic N) is 3. The van der Waals surface area contributed by atoms with E-state index >= 15 is 0 Å². The summed E-state index contributed by atoms with van der Waals surface area (Å²) in [6.45, 7) is 6.40. The van der Waals surface area contributed by atoms with Gasteiger partial charge in [-0.1, -0.05) is 18.7 Å². The fraction of sp³-hybridized carbons (Fsp3) is 0.682. The number of aromatic nitrogens is 2. The third kappa shape index (κ3) is 4.50. The molecule has 10 heteroatoms. The summed E-state index contributed by atoms with van der Waals surface area (Å²) in [7, 11) is -3.08. The molecule has 176 valence electrons. The molecule has 0 unspecified atom stereocenters. The van der Waals surface area contributed by atoms with Gasteiger partial charge in [0.1, 0.15) is 4.83 Å². The number of carbonyl (C=O) groups excluding carboxylic acids is 1. The number of thioether (sulfide) groups is 1. The second-order valence-corrected chi connectivity index (χ2v) is 13.0. The molecule has 1 aliphatic heterocycles. The predicted octanol–water partition coefficient (Wildman–Crippen LogP) is 3.26. The van der Waals surface area contributed by atoms with Crippen molar-refractivity contribution in [3.63, 3.8) is 0 Å². The van der Waals surface area contributed by atoms with Crippen LogP contribution in [-0.2, 0) is 34.0 Å². The topological polar surface area (TPSA) is 89.3 Å². The minimum atomic E-state index is -3.08. The van der Waals surface area contributed by atoms with Crippen LogP contribution >= 0.6 is 23.1 Å². The van der Waals surface area contributed by atoms with Crippen LogP contribution in [-0.4, -0.2) is 58.1 Å². The van der Waals surface area contributed by atoms with Crippen molar-refractivity contribution in [2.45, 2.75) is 83.1 Å². The smallest absolute Gasteiger partial charge is 0.263 e. The fourth-order valence-corrected chi connectivity index (χ4v) is 8.76. The fourth-order valence-electron chi connectivity index (χ4n) is 4.81. The average Bonchev–Trinajstić information content (AvgIpc) is 3.31. The zero-order valence-corrected chi connectivity index (χ0v) is 21.4. The van der Waals surface area contributed by atoms with Crippen LogP contribution in [0, 0.1) is 0 Å². The minimum absolute atomic E-state index is 0.00693. The lowest BCUT2D eigenvalue weighted by Gasteiger charge is -2.33. The maximum atomic E-state index is 13.3. The van der Waals surface area contributed by atoms with E-state index in [-0.39, 0.29) is 40.8 Å². The van der Waals surface area contributed by atoms with Crippen LogP contribution in [0.15, 0.2) is 9.95 Å². The van der Waals surface area contributed by atoms with Gasteiger partial charge in [-0.05, 0) is 57.9 Å². The zero-order valence-electron chi connectivity index (χ0n) is 18.9. The molecule has 1 saturated heterocycles. The highest BCUT2D eigenvalue weighted by Gasteiger charge is 2.36. The Labute approximate surface area is 197 Å². The van der Waals surface area contributed by atoms with Gasteiger partial charge in [0.15, 0.2) is 15.0 Å². The van der Waals surface area contributed by atoms with Crippen molar-refractivity contribution in [3.05, 3.63) is 20.8 Å². The maximum Gasteiger partial charge on any atom is 0.263 e. The van der Waals surface area contributed by atoms with Gasteiger partial charge in [0.05, 0.1) is 22.6 Å². The van der Waals surface area contributed by atoms with Crippen molar-refractivity contribution in [2.24, 2.45) is 0 Å². The van der Waals surface area contributed by atoms with Crippen LogP contribution < -0.4 is 5.56 Å². The molecule has 0 aromatic carbocycles. The molecule has 0 saturated carbocycles. The first-order valence-corrected chi connectivity index (χ1v) is 15.1. The van der Waals surface area contributed by atoms with Gasteiger partial charge in [-0.25, -0.2) is 13.4 Å². The van der Waals surface area contributed by atoms with Gasteiger partial charge >= 0.3 is 0 Å². The Bertz CT molecular complexity index is 1190. The van der Waals surface area contributed by atoms with E-state index in [1.807, 2.05) is 20.8 Å². The molecule has 1 aliphatic carbocycles. The maximum absolute atomic E-state index is 13.3. The molecule has 0 radical (unpaired) electrons. The Morgan fingerprint density at radius 2 is 2.06 bits per heavy atom. The molecule has 7 nitrogen and oxygen atoms in total. The lowest BCUT2D eigenvalue weighted by Crippen LogP contribution is -2.47. The SMILES string of the molecule is CC[C@H](C)N(C(=O)CSc1nc2sc3c(c2c(=O)n1CC)CCCC3)[C@H]1CCS(=O)(=O)C1. The van der Waals surface area contributed by atoms with Crippen LogP contribution in [0.3, 0.4) is 0 Å². The van der Waals surface area contributed by atoms with Crippen molar-refractivity contribution in [2.75, 3.05) is 17.3 Å². The van der Waals surface area contributed by atoms with E-state index in [1.165, 1.54) is 22.2 Å². The minimum Gasteiger partial charge on any atom is -0.335 e. The highest BCUT2D eigenvalue weighted by molar-refractivity contribution is 7.99. The van der Waals surface area contributed by atoms with Crippen molar-refractivity contribution in [3.8, 4) is 0 Å². The summed E-state index contributed by atoms with van der Waals surface area (Å²) in [5.41, 5.74) is 1.17. The normalized spacial score (nSPS) is 20.9. The van der Waals surface area contributed by atoms with Crippen LogP contribution in [0.25, 0.3) is 10.2 Å². The largest absolute Gasteiger partial charge is 0.335 e. The van der Waals surface area contributed by atoms with Crippen molar-refractivity contribution < 1.29 is 13.2 Å². The Balaban J connectivity index is 1.60. The Morgan fingerprint density at radius 3 is 2.72 bits per heavy atom. The van der Waals surface area contributed by atoms with E-state index in [0.29, 0.717) is 18.1 Å². The van der Waals surface area contributed by atoms with Gasteiger partial charge in [0.2, 0.25) is 5.91 Å². The molecular formula is C22H31N3O4S3. The van der Waals surface area contributed by atoms with Gasteiger partial charge in [-0.15, -0.1) is 11.3 Å². The van der Waals surface area contributed by atoms with Crippen molar-refractivity contribution in [1.82, 2.24) is 14.5 Å². The first kappa shape index (κ1) is 23.8. The second-order valence-electron chi connectivity index (χ2n) is 8.74. The molecule has 0 bridgehead atoms. The number of rotatable bonds is 7. The van der Waals surface area contributed by atoms with Crippen molar-refractivity contribution >= 4 is 49.1 Å². The van der Waals surface area contributed by atoms with Crippen molar-refractivity contribution in [1.29, 1.82) is 0 Å². The average molecular weight is 498 g/mol. The molecule has 2 aromatic rings. The standard InChI is InChI=1S/C22H31N3O4S3/c1-4-14(3)25(15-10-11-32(28,29)13-15)18(26)12-30-22-23-20-19(21(27)24(22)5-2)16-8-6-7-9-17(16)31-20/h14-15H,4-13H2,1-3H3/t14-,15-/m0/s1. The molecule has 32 heavy (non-hydrogen) atoms.